The maximum atomic E-state index is 12.1. The van der Waals surface area contributed by atoms with Crippen LogP contribution in [0, 0.1) is 5.92 Å². The Hall–Kier alpha value is -1.35. The average molecular weight is 260 g/mol. The highest BCUT2D eigenvalue weighted by Gasteiger charge is 2.20. The van der Waals surface area contributed by atoms with Gasteiger partial charge in [0.15, 0.2) is 0 Å². The summed E-state index contributed by atoms with van der Waals surface area (Å²) in [6, 6.07) is 8.26. The van der Waals surface area contributed by atoms with Crippen molar-refractivity contribution in [2.24, 2.45) is 5.92 Å². The molecule has 0 saturated carbocycles. The summed E-state index contributed by atoms with van der Waals surface area (Å²) in [5, 5.41) is 6.29. The van der Waals surface area contributed by atoms with Crippen LogP contribution in [-0.2, 0) is 11.2 Å². The van der Waals surface area contributed by atoms with Crippen molar-refractivity contribution in [2.45, 2.75) is 39.0 Å². The minimum atomic E-state index is 0.119. The van der Waals surface area contributed by atoms with Crippen molar-refractivity contribution < 1.29 is 4.79 Å². The maximum Gasteiger partial charge on any atom is 0.228 e. The smallest absolute Gasteiger partial charge is 0.228 e. The third-order valence-corrected chi connectivity index (χ3v) is 3.71. The summed E-state index contributed by atoms with van der Waals surface area (Å²) in [6.45, 7) is 4.04. The van der Waals surface area contributed by atoms with Gasteiger partial charge in [0, 0.05) is 12.2 Å². The molecule has 0 aliphatic carbocycles. The van der Waals surface area contributed by atoms with Gasteiger partial charge in [-0.25, -0.2) is 0 Å². The molecule has 0 bridgehead atoms. The Morgan fingerprint density at radius 1 is 1.37 bits per heavy atom. The number of carbonyl (C=O) groups excluding carboxylic acids is 1. The van der Waals surface area contributed by atoms with Gasteiger partial charge in [-0.05, 0) is 49.9 Å². The Bertz CT molecular complexity index is 394. The Morgan fingerprint density at radius 2 is 2.16 bits per heavy atom. The largest absolute Gasteiger partial charge is 0.326 e. The Balaban J connectivity index is 1.86. The molecule has 1 saturated heterocycles. The summed E-state index contributed by atoms with van der Waals surface area (Å²) in [5.74, 6) is 0.266. The lowest BCUT2D eigenvalue weighted by atomic mass is 9.98. The Morgan fingerprint density at radius 3 is 2.79 bits per heavy atom. The Labute approximate surface area is 115 Å². The van der Waals surface area contributed by atoms with Crippen molar-refractivity contribution in [2.75, 3.05) is 18.4 Å². The van der Waals surface area contributed by atoms with Crippen LogP contribution in [0.3, 0.4) is 0 Å². The second-order valence-electron chi connectivity index (χ2n) is 5.33. The number of hydrogen-bond donors (Lipinski definition) is 2. The summed E-state index contributed by atoms with van der Waals surface area (Å²) in [6.07, 6.45) is 5.64. The molecule has 1 atom stereocenters. The molecule has 1 aliphatic heterocycles. The van der Waals surface area contributed by atoms with Gasteiger partial charge in [0.25, 0.3) is 0 Å². The molecule has 1 aromatic rings. The van der Waals surface area contributed by atoms with E-state index < -0.39 is 0 Å². The van der Waals surface area contributed by atoms with Crippen LogP contribution in [0.2, 0.25) is 0 Å². The quantitative estimate of drug-likeness (QED) is 0.854. The molecule has 3 nitrogen and oxygen atoms in total. The summed E-state index contributed by atoms with van der Waals surface area (Å²) in [4.78, 5) is 12.1. The average Bonchev–Trinajstić information content (AvgIpc) is 2.47. The minimum Gasteiger partial charge on any atom is -0.326 e. The highest BCUT2D eigenvalue weighted by Crippen LogP contribution is 2.15. The van der Waals surface area contributed by atoms with E-state index in [1.807, 2.05) is 12.1 Å². The fraction of sp³-hybridized carbons (Fsp3) is 0.562. The molecule has 1 heterocycles. The molecular weight excluding hydrogens is 236 g/mol. The molecule has 0 unspecified atom stereocenters. The normalized spacial score (nSPS) is 19.1. The molecule has 1 aromatic carbocycles. The van der Waals surface area contributed by atoms with Gasteiger partial charge in [-0.1, -0.05) is 25.5 Å². The van der Waals surface area contributed by atoms with Crippen LogP contribution in [0.25, 0.3) is 0 Å². The molecule has 0 aromatic heterocycles. The van der Waals surface area contributed by atoms with Crippen LogP contribution >= 0.6 is 0 Å². The van der Waals surface area contributed by atoms with Crippen molar-refractivity contribution in [3.63, 3.8) is 0 Å². The lowest BCUT2D eigenvalue weighted by Gasteiger charge is -2.21. The van der Waals surface area contributed by atoms with Crippen LogP contribution in [0.15, 0.2) is 24.3 Å². The first-order valence-electron chi connectivity index (χ1n) is 7.40. The number of benzene rings is 1. The number of carbonyl (C=O) groups is 1. The second kappa shape index (κ2) is 7.29. The van der Waals surface area contributed by atoms with Crippen LogP contribution in [-0.4, -0.2) is 19.0 Å². The predicted octanol–water partition coefficient (Wildman–Crippen LogP) is 2.97. The van der Waals surface area contributed by atoms with E-state index >= 15 is 0 Å². The molecule has 0 radical (unpaired) electrons. The van der Waals surface area contributed by atoms with E-state index in [0.717, 1.165) is 38.0 Å². The van der Waals surface area contributed by atoms with Crippen molar-refractivity contribution >= 4 is 11.6 Å². The van der Waals surface area contributed by atoms with Crippen LogP contribution < -0.4 is 10.6 Å². The van der Waals surface area contributed by atoms with E-state index in [2.05, 4.69) is 29.7 Å². The Kier molecular flexibility index (Phi) is 5.40. The number of nitrogens with one attached hydrogen (secondary N) is 2. The highest BCUT2D eigenvalue weighted by molar-refractivity contribution is 5.92. The number of anilines is 1. The van der Waals surface area contributed by atoms with E-state index in [1.54, 1.807) is 0 Å². The lowest BCUT2D eigenvalue weighted by molar-refractivity contribution is -0.120. The molecule has 0 spiro atoms. The third kappa shape index (κ3) is 4.35. The first kappa shape index (κ1) is 14.1. The van der Waals surface area contributed by atoms with Gasteiger partial charge in [0.1, 0.15) is 0 Å². The van der Waals surface area contributed by atoms with Gasteiger partial charge in [-0.15, -0.1) is 0 Å². The van der Waals surface area contributed by atoms with Crippen molar-refractivity contribution in [3.8, 4) is 0 Å². The number of unbranched alkanes of at least 4 members (excludes halogenated alkanes) is 1. The monoisotopic (exact) mass is 260 g/mol. The lowest BCUT2D eigenvalue weighted by Crippen LogP contribution is -2.37. The number of amides is 1. The summed E-state index contributed by atoms with van der Waals surface area (Å²) < 4.78 is 0. The van der Waals surface area contributed by atoms with Gasteiger partial charge in [0.2, 0.25) is 5.91 Å². The SMILES string of the molecule is CCCCc1ccc(NC(=O)[C@@H]2CCCNC2)cc1. The van der Waals surface area contributed by atoms with Gasteiger partial charge in [0.05, 0.1) is 5.92 Å². The van der Waals surface area contributed by atoms with Crippen LogP contribution in [0.5, 0.6) is 0 Å². The zero-order valence-corrected chi connectivity index (χ0v) is 11.7. The number of rotatable bonds is 5. The van der Waals surface area contributed by atoms with Gasteiger partial charge in [-0.2, -0.15) is 0 Å². The molecule has 104 valence electrons. The van der Waals surface area contributed by atoms with Crippen molar-refractivity contribution in [1.29, 1.82) is 0 Å². The van der Waals surface area contributed by atoms with E-state index in [4.69, 9.17) is 0 Å². The zero-order chi connectivity index (χ0) is 13.5. The van der Waals surface area contributed by atoms with Gasteiger partial charge >= 0.3 is 0 Å². The fourth-order valence-corrected chi connectivity index (χ4v) is 2.46. The number of hydrogen-bond acceptors (Lipinski definition) is 2. The topological polar surface area (TPSA) is 41.1 Å². The molecule has 2 rings (SSSR count). The van der Waals surface area contributed by atoms with Gasteiger partial charge in [-0.3, -0.25) is 4.79 Å². The first-order chi connectivity index (χ1) is 9.29. The second-order valence-corrected chi connectivity index (χ2v) is 5.33. The van der Waals surface area contributed by atoms with Crippen molar-refractivity contribution in [1.82, 2.24) is 5.32 Å². The molecular formula is C16H24N2O. The van der Waals surface area contributed by atoms with Crippen molar-refractivity contribution in [3.05, 3.63) is 29.8 Å². The van der Waals surface area contributed by atoms with E-state index in [1.165, 1.54) is 18.4 Å². The molecule has 19 heavy (non-hydrogen) atoms. The first-order valence-corrected chi connectivity index (χ1v) is 7.40. The summed E-state index contributed by atoms with van der Waals surface area (Å²) in [5.41, 5.74) is 2.26. The third-order valence-electron chi connectivity index (χ3n) is 3.71. The fourth-order valence-electron chi connectivity index (χ4n) is 2.46. The zero-order valence-electron chi connectivity index (χ0n) is 11.7. The maximum absolute atomic E-state index is 12.1. The van der Waals surface area contributed by atoms with Crippen LogP contribution in [0.4, 0.5) is 5.69 Å². The molecule has 2 N–H and O–H groups in total. The highest BCUT2D eigenvalue weighted by atomic mass is 16.1. The van der Waals surface area contributed by atoms with Crippen LogP contribution in [0.1, 0.15) is 38.2 Å². The summed E-state index contributed by atoms with van der Waals surface area (Å²) in [7, 11) is 0. The predicted molar refractivity (Wildman–Crippen MR) is 79.3 cm³/mol. The molecule has 1 amide bonds. The van der Waals surface area contributed by atoms with E-state index in [0.29, 0.717) is 0 Å². The molecule has 3 heteroatoms. The van der Waals surface area contributed by atoms with E-state index in [-0.39, 0.29) is 11.8 Å². The molecule has 1 fully saturated rings. The number of aryl methyl sites for hydroxylation is 1. The van der Waals surface area contributed by atoms with Gasteiger partial charge < -0.3 is 10.6 Å². The summed E-state index contributed by atoms with van der Waals surface area (Å²) >= 11 is 0. The minimum absolute atomic E-state index is 0.119. The standard InChI is InChI=1S/C16H24N2O/c1-2-3-5-13-7-9-15(10-8-13)18-16(19)14-6-4-11-17-12-14/h7-10,14,17H,2-6,11-12H2,1H3,(H,18,19)/t14-/m1/s1. The van der Waals surface area contributed by atoms with E-state index in [9.17, 15) is 4.79 Å². The number of piperidine rings is 1. The molecule has 1 aliphatic rings.